The quantitative estimate of drug-likeness (QED) is 0.829. The highest BCUT2D eigenvalue weighted by Gasteiger charge is 2.18. The fourth-order valence-corrected chi connectivity index (χ4v) is 1.63. The lowest BCUT2D eigenvalue weighted by atomic mass is 10.2. The lowest BCUT2D eigenvalue weighted by Crippen LogP contribution is -2.24. The molecule has 1 heterocycles. The third-order valence-electron chi connectivity index (χ3n) is 1.95. The van der Waals surface area contributed by atoms with Crippen LogP contribution in [0.25, 0.3) is 0 Å². The van der Waals surface area contributed by atoms with Crippen LogP contribution in [0.4, 0.5) is 0 Å². The van der Waals surface area contributed by atoms with Crippen molar-refractivity contribution in [3.05, 3.63) is 22.4 Å². The normalized spacial score (nSPS) is 17.0. The molecule has 0 aliphatic heterocycles. The Morgan fingerprint density at radius 3 is 2.71 bits per heavy atom. The van der Waals surface area contributed by atoms with Crippen LogP contribution in [0.2, 0.25) is 0 Å². The summed E-state index contributed by atoms with van der Waals surface area (Å²) in [5, 5.41) is 20.0. The van der Waals surface area contributed by atoms with Gasteiger partial charge in [0.25, 0.3) is 0 Å². The molecule has 1 aromatic rings. The van der Waals surface area contributed by atoms with Gasteiger partial charge in [0, 0.05) is 4.88 Å². The van der Waals surface area contributed by atoms with Crippen molar-refractivity contribution in [1.82, 2.24) is 0 Å². The molecule has 3 nitrogen and oxygen atoms in total. The molecule has 0 spiro atoms. The van der Waals surface area contributed by atoms with Crippen molar-refractivity contribution in [2.24, 2.45) is 0 Å². The number of aliphatic hydroxyl groups is 1. The standard InChI is InChI=1S/C10H13NO2S/c1-7(12)8(2)13-9(6-11)10-4-3-5-14-10/h3-5,7-9,12H,1-2H3. The molecule has 1 aromatic heterocycles. The molecule has 0 amide bonds. The Morgan fingerprint density at radius 1 is 1.57 bits per heavy atom. The van der Waals surface area contributed by atoms with Gasteiger partial charge in [-0.1, -0.05) is 6.07 Å². The topological polar surface area (TPSA) is 53.2 Å². The van der Waals surface area contributed by atoms with Gasteiger partial charge in [-0.3, -0.25) is 0 Å². The van der Waals surface area contributed by atoms with Crippen LogP contribution in [-0.2, 0) is 4.74 Å². The van der Waals surface area contributed by atoms with Crippen molar-refractivity contribution in [1.29, 1.82) is 5.26 Å². The summed E-state index contributed by atoms with van der Waals surface area (Å²) in [6.45, 7) is 3.40. The van der Waals surface area contributed by atoms with Crippen LogP contribution in [0.3, 0.4) is 0 Å². The molecule has 0 fully saturated rings. The molecule has 4 heteroatoms. The number of hydrogen-bond acceptors (Lipinski definition) is 4. The van der Waals surface area contributed by atoms with E-state index in [2.05, 4.69) is 6.07 Å². The van der Waals surface area contributed by atoms with Crippen LogP contribution in [-0.4, -0.2) is 17.3 Å². The van der Waals surface area contributed by atoms with Crippen molar-refractivity contribution < 1.29 is 9.84 Å². The van der Waals surface area contributed by atoms with Gasteiger partial charge in [0.2, 0.25) is 0 Å². The van der Waals surface area contributed by atoms with E-state index < -0.39 is 12.2 Å². The van der Waals surface area contributed by atoms with E-state index in [4.69, 9.17) is 10.00 Å². The maximum Gasteiger partial charge on any atom is 0.178 e. The van der Waals surface area contributed by atoms with Gasteiger partial charge in [-0.05, 0) is 25.3 Å². The van der Waals surface area contributed by atoms with Crippen molar-refractivity contribution in [2.75, 3.05) is 0 Å². The Labute approximate surface area is 87.6 Å². The van der Waals surface area contributed by atoms with E-state index in [9.17, 15) is 5.11 Å². The fourth-order valence-electron chi connectivity index (χ4n) is 0.930. The molecule has 0 aromatic carbocycles. The van der Waals surface area contributed by atoms with Crippen molar-refractivity contribution in [2.45, 2.75) is 32.2 Å². The van der Waals surface area contributed by atoms with E-state index >= 15 is 0 Å². The number of aliphatic hydroxyl groups excluding tert-OH is 1. The minimum Gasteiger partial charge on any atom is -0.391 e. The average molecular weight is 211 g/mol. The minimum atomic E-state index is -0.570. The van der Waals surface area contributed by atoms with Crippen LogP contribution in [0.1, 0.15) is 24.8 Å². The first kappa shape index (κ1) is 11.2. The molecular formula is C10H13NO2S. The molecule has 14 heavy (non-hydrogen) atoms. The monoisotopic (exact) mass is 211 g/mol. The first-order valence-electron chi connectivity index (χ1n) is 4.41. The number of nitriles is 1. The van der Waals surface area contributed by atoms with Crippen LogP contribution >= 0.6 is 11.3 Å². The van der Waals surface area contributed by atoms with Crippen LogP contribution in [0.15, 0.2) is 17.5 Å². The average Bonchev–Trinajstić information content (AvgIpc) is 2.66. The number of rotatable bonds is 4. The Kier molecular flexibility index (Phi) is 4.08. The van der Waals surface area contributed by atoms with Crippen LogP contribution in [0.5, 0.6) is 0 Å². The summed E-state index contributed by atoms with van der Waals surface area (Å²) in [6, 6.07) is 5.80. The lowest BCUT2D eigenvalue weighted by Gasteiger charge is -2.18. The molecule has 3 atom stereocenters. The summed E-state index contributed by atoms with van der Waals surface area (Å²) < 4.78 is 5.40. The maximum atomic E-state index is 9.23. The molecule has 0 aliphatic carbocycles. The summed E-state index contributed by atoms with van der Waals surface area (Å²) in [5.41, 5.74) is 0. The predicted molar refractivity (Wildman–Crippen MR) is 54.9 cm³/mol. The second kappa shape index (κ2) is 5.11. The van der Waals surface area contributed by atoms with Crippen LogP contribution < -0.4 is 0 Å². The molecule has 76 valence electrons. The second-order valence-electron chi connectivity index (χ2n) is 3.11. The zero-order valence-corrected chi connectivity index (χ0v) is 8.99. The number of ether oxygens (including phenoxy) is 1. The molecular weight excluding hydrogens is 198 g/mol. The van der Waals surface area contributed by atoms with E-state index in [0.717, 1.165) is 4.88 Å². The molecule has 1 rings (SSSR count). The number of nitrogens with zero attached hydrogens (tertiary/aromatic N) is 1. The molecule has 0 saturated carbocycles. The fraction of sp³-hybridized carbons (Fsp3) is 0.500. The third-order valence-corrected chi connectivity index (χ3v) is 2.86. The van der Waals surface area contributed by atoms with Gasteiger partial charge >= 0.3 is 0 Å². The van der Waals surface area contributed by atoms with Gasteiger partial charge in [0.05, 0.1) is 12.2 Å². The van der Waals surface area contributed by atoms with Gasteiger partial charge in [-0.15, -0.1) is 11.3 Å². The zero-order valence-electron chi connectivity index (χ0n) is 8.18. The first-order valence-corrected chi connectivity index (χ1v) is 5.29. The maximum absolute atomic E-state index is 9.23. The largest absolute Gasteiger partial charge is 0.391 e. The van der Waals surface area contributed by atoms with Crippen molar-refractivity contribution in [3.8, 4) is 6.07 Å². The highest BCUT2D eigenvalue weighted by Crippen LogP contribution is 2.23. The molecule has 0 aliphatic rings. The predicted octanol–water partition coefficient (Wildman–Crippen LogP) is 2.10. The SMILES string of the molecule is CC(O)C(C)OC(C#N)c1cccs1. The number of thiophene rings is 1. The summed E-state index contributed by atoms with van der Waals surface area (Å²) in [7, 11) is 0. The Morgan fingerprint density at radius 2 is 2.29 bits per heavy atom. The summed E-state index contributed by atoms with van der Waals surface area (Å²) in [5.74, 6) is 0. The van der Waals surface area contributed by atoms with Gasteiger partial charge in [-0.2, -0.15) is 5.26 Å². The summed E-state index contributed by atoms with van der Waals surface area (Å²) in [4.78, 5) is 0.875. The molecule has 1 N–H and O–H groups in total. The zero-order chi connectivity index (χ0) is 10.6. The van der Waals surface area contributed by atoms with Gasteiger partial charge in [0.1, 0.15) is 6.07 Å². The smallest absolute Gasteiger partial charge is 0.178 e. The second-order valence-corrected chi connectivity index (χ2v) is 4.09. The summed E-state index contributed by atoms with van der Waals surface area (Å²) in [6.07, 6.45) is -1.47. The lowest BCUT2D eigenvalue weighted by molar-refractivity contribution is -0.0415. The van der Waals surface area contributed by atoms with Gasteiger partial charge < -0.3 is 9.84 Å². The highest BCUT2D eigenvalue weighted by molar-refractivity contribution is 7.10. The Hall–Kier alpha value is -0.890. The third kappa shape index (κ3) is 2.81. The van der Waals surface area contributed by atoms with E-state index in [1.807, 2.05) is 17.5 Å². The molecule has 0 saturated heterocycles. The van der Waals surface area contributed by atoms with Gasteiger partial charge in [0.15, 0.2) is 6.10 Å². The molecule has 0 radical (unpaired) electrons. The molecule has 0 bridgehead atoms. The van der Waals surface area contributed by atoms with Crippen LogP contribution in [0, 0.1) is 11.3 Å². The van der Waals surface area contributed by atoms with E-state index in [1.54, 1.807) is 13.8 Å². The van der Waals surface area contributed by atoms with Crippen molar-refractivity contribution >= 4 is 11.3 Å². The minimum absolute atomic E-state index is 0.332. The van der Waals surface area contributed by atoms with E-state index in [1.165, 1.54) is 11.3 Å². The van der Waals surface area contributed by atoms with Gasteiger partial charge in [-0.25, -0.2) is 0 Å². The Bertz CT molecular complexity index is 302. The Balaban J connectivity index is 2.62. The molecule has 3 unspecified atom stereocenters. The highest BCUT2D eigenvalue weighted by atomic mass is 32.1. The van der Waals surface area contributed by atoms with Crippen molar-refractivity contribution in [3.63, 3.8) is 0 Å². The summed E-state index contributed by atoms with van der Waals surface area (Å²) >= 11 is 1.48. The first-order chi connectivity index (χ1) is 6.65. The van der Waals surface area contributed by atoms with E-state index in [0.29, 0.717) is 0 Å². The number of hydrogen-bond donors (Lipinski definition) is 1. The van der Waals surface area contributed by atoms with E-state index in [-0.39, 0.29) is 6.10 Å².